The molecule has 0 aliphatic heterocycles. The van der Waals surface area contributed by atoms with Gasteiger partial charge in [-0.05, 0) is 31.5 Å². The van der Waals surface area contributed by atoms with E-state index in [9.17, 15) is 0 Å². The molecule has 6 heteroatoms. The largest absolute Gasteiger partial charge is 0.363 e. The molecule has 0 amide bonds. The first-order chi connectivity index (χ1) is 10.0. The van der Waals surface area contributed by atoms with Crippen LogP contribution in [0.4, 0.5) is 11.6 Å². The van der Waals surface area contributed by atoms with E-state index < -0.39 is 0 Å². The Hall–Kier alpha value is -1.66. The second-order valence-corrected chi connectivity index (χ2v) is 5.79. The highest BCUT2D eigenvalue weighted by molar-refractivity contribution is 9.10. The van der Waals surface area contributed by atoms with Crippen molar-refractivity contribution in [3.63, 3.8) is 0 Å². The van der Waals surface area contributed by atoms with Gasteiger partial charge in [0.05, 0.1) is 0 Å². The summed E-state index contributed by atoms with van der Waals surface area (Å²) in [4.78, 5) is 8.92. The van der Waals surface area contributed by atoms with Gasteiger partial charge in [0.25, 0.3) is 0 Å². The number of rotatable bonds is 5. The van der Waals surface area contributed by atoms with Crippen LogP contribution in [-0.4, -0.2) is 9.97 Å². The number of hydrogen-bond donors (Lipinski definition) is 3. The van der Waals surface area contributed by atoms with Crippen molar-refractivity contribution < 1.29 is 0 Å². The lowest BCUT2D eigenvalue weighted by atomic mass is 10.1. The zero-order valence-corrected chi connectivity index (χ0v) is 14.0. The fourth-order valence-electron chi connectivity index (χ4n) is 2.04. The van der Waals surface area contributed by atoms with Crippen molar-refractivity contribution >= 4 is 27.6 Å². The van der Waals surface area contributed by atoms with Gasteiger partial charge < -0.3 is 10.7 Å². The predicted molar refractivity (Wildman–Crippen MR) is 90.1 cm³/mol. The maximum Gasteiger partial charge on any atom is 0.148 e. The summed E-state index contributed by atoms with van der Waals surface area (Å²) in [5, 5.41) is 3.43. The Bertz CT molecular complexity index is 612. The molecule has 0 bridgehead atoms. The van der Waals surface area contributed by atoms with Crippen LogP contribution in [0.5, 0.6) is 0 Å². The first-order valence-corrected chi connectivity index (χ1v) is 7.70. The number of nitrogens with one attached hydrogen (secondary N) is 2. The monoisotopic (exact) mass is 349 g/mol. The summed E-state index contributed by atoms with van der Waals surface area (Å²) >= 11 is 3.45. The van der Waals surface area contributed by atoms with Gasteiger partial charge in [0, 0.05) is 22.5 Å². The van der Waals surface area contributed by atoms with Crippen molar-refractivity contribution in [1.82, 2.24) is 9.97 Å². The summed E-state index contributed by atoms with van der Waals surface area (Å²) in [6.07, 6.45) is 0.760. The highest BCUT2D eigenvalue weighted by atomic mass is 79.9. The molecular weight excluding hydrogens is 330 g/mol. The van der Waals surface area contributed by atoms with Crippen LogP contribution in [0, 0.1) is 6.92 Å². The highest BCUT2D eigenvalue weighted by Gasteiger charge is 2.12. The average Bonchev–Trinajstić information content (AvgIpc) is 2.49. The molecule has 1 aromatic heterocycles. The molecule has 0 aliphatic carbocycles. The molecule has 5 nitrogen and oxygen atoms in total. The molecule has 0 saturated heterocycles. The van der Waals surface area contributed by atoms with Crippen molar-refractivity contribution in [1.29, 1.82) is 0 Å². The Kier molecular flexibility index (Phi) is 5.14. The van der Waals surface area contributed by atoms with Gasteiger partial charge in [-0.15, -0.1) is 0 Å². The van der Waals surface area contributed by atoms with E-state index >= 15 is 0 Å². The van der Waals surface area contributed by atoms with E-state index in [2.05, 4.69) is 55.7 Å². The Morgan fingerprint density at radius 1 is 1.19 bits per heavy atom. The van der Waals surface area contributed by atoms with Gasteiger partial charge in [-0.3, -0.25) is 0 Å². The zero-order chi connectivity index (χ0) is 15.4. The molecule has 21 heavy (non-hydrogen) atoms. The summed E-state index contributed by atoms with van der Waals surface area (Å²) in [5.74, 6) is 7.76. The number of anilines is 2. The molecule has 0 spiro atoms. The lowest BCUT2D eigenvalue weighted by molar-refractivity contribution is 0.851. The summed E-state index contributed by atoms with van der Waals surface area (Å²) in [7, 11) is 0. The van der Waals surface area contributed by atoms with Gasteiger partial charge in [0.15, 0.2) is 0 Å². The summed E-state index contributed by atoms with van der Waals surface area (Å²) in [6, 6.07) is 8.37. The predicted octanol–water partition coefficient (Wildman–Crippen LogP) is 3.57. The Balaban J connectivity index is 2.27. The van der Waals surface area contributed by atoms with Gasteiger partial charge in [-0.1, -0.05) is 35.0 Å². The quantitative estimate of drug-likeness (QED) is 0.568. The van der Waals surface area contributed by atoms with E-state index in [0.29, 0.717) is 5.82 Å². The van der Waals surface area contributed by atoms with E-state index in [0.717, 1.165) is 28.1 Å². The number of halogens is 1. The molecule has 0 fully saturated rings. The molecule has 1 atom stereocenters. The minimum atomic E-state index is 0.141. The number of hydrazine groups is 1. The fraction of sp³-hybridized carbons (Fsp3) is 0.333. The van der Waals surface area contributed by atoms with Gasteiger partial charge in [-0.2, -0.15) is 0 Å². The third-order valence-corrected chi connectivity index (χ3v) is 3.90. The van der Waals surface area contributed by atoms with E-state index in [1.54, 1.807) is 0 Å². The van der Waals surface area contributed by atoms with Gasteiger partial charge >= 0.3 is 0 Å². The van der Waals surface area contributed by atoms with Crippen LogP contribution >= 0.6 is 15.9 Å². The molecule has 2 aromatic rings. The van der Waals surface area contributed by atoms with E-state index in [1.165, 1.54) is 5.56 Å². The first kappa shape index (κ1) is 15.7. The SMILES string of the molecule is CCc1nc(NN)c(C)c(NC(C)c2ccc(Br)cc2)n1. The average molecular weight is 350 g/mol. The Morgan fingerprint density at radius 3 is 2.38 bits per heavy atom. The molecule has 112 valence electrons. The maximum absolute atomic E-state index is 5.53. The first-order valence-electron chi connectivity index (χ1n) is 6.91. The van der Waals surface area contributed by atoms with Crippen LogP contribution in [0.1, 0.15) is 36.8 Å². The molecule has 0 aliphatic rings. The number of benzene rings is 1. The number of aryl methyl sites for hydroxylation is 1. The topological polar surface area (TPSA) is 75.9 Å². The van der Waals surface area contributed by atoms with Crippen LogP contribution in [0.25, 0.3) is 0 Å². The molecule has 2 rings (SSSR count). The second kappa shape index (κ2) is 6.87. The minimum Gasteiger partial charge on any atom is -0.363 e. The number of aromatic nitrogens is 2. The minimum absolute atomic E-state index is 0.141. The third kappa shape index (κ3) is 3.71. The van der Waals surface area contributed by atoms with E-state index in [-0.39, 0.29) is 6.04 Å². The summed E-state index contributed by atoms with van der Waals surface area (Å²) in [5.41, 5.74) is 4.74. The van der Waals surface area contributed by atoms with Crippen molar-refractivity contribution in [2.24, 2.45) is 5.84 Å². The zero-order valence-electron chi connectivity index (χ0n) is 12.4. The number of nitrogens with zero attached hydrogens (tertiary/aromatic N) is 2. The van der Waals surface area contributed by atoms with Crippen LogP contribution < -0.4 is 16.6 Å². The number of nitrogen functional groups attached to an aromatic ring is 1. The van der Waals surface area contributed by atoms with Crippen LogP contribution in [0.15, 0.2) is 28.7 Å². The fourth-order valence-corrected chi connectivity index (χ4v) is 2.31. The molecular formula is C15H20BrN5. The molecule has 0 saturated carbocycles. The van der Waals surface area contributed by atoms with Crippen molar-refractivity contribution in [3.8, 4) is 0 Å². The smallest absolute Gasteiger partial charge is 0.148 e. The van der Waals surface area contributed by atoms with Crippen LogP contribution in [0.2, 0.25) is 0 Å². The lowest BCUT2D eigenvalue weighted by Gasteiger charge is -2.18. The van der Waals surface area contributed by atoms with Gasteiger partial charge in [0.2, 0.25) is 0 Å². The normalized spacial score (nSPS) is 12.0. The lowest BCUT2D eigenvalue weighted by Crippen LogP contribution is -2.16. The molecule has 1 aromatic carbocycles. The number of hydrogen-bond acceptors (Lipinski definition) is 5. The molecule has 0 radical (unpaired) electrons. The summed E-state index contributed by atoms with van der Waals surface area (Å²) in [6.45, 7) is 6.07. The van der Waals surface area contributed by atoms with Crippen molar-refractivity contribution in [2.45, 2.75) is 33.2 Å². The standard InChI is InChI=1S/C15H20BrN5/c1-4-13-19-14(9(2)15(20-13)21-17)18-10(3)11-5-7-12(16)8-6-11/h5-8,10H,4,17H2,1-3H3,(H2,18,19,20,21). The van der Waals surface area contributed by atoms with Crippen molar-refractivity contribution in [2.75, 3.05) is 10.7 Å². The van der Waals surface area contributed by atoms with Crippen LogP contribution in [-0.2, 0) is 6.42 Å². The van der Waals surface area contributed by atoms with Gasteiger partial charge in [0.1, 0.15) is 17.5 Å². The Labute approximate surface area is 133 Å². The maximum atomic E-state index is 5.53. The summed E-state index contributed by atoms with van der Waals surface area (Å²) < 4.78 is 1.07. The molecule has 1 unspecified atom stereocenters. The van der Waals surface area contributed by atoms with E-state index in [4.69, 9.17) is 5.84 Å². The number of nitrogens with two attached hydrogens (primary N) is 1. The highest BCUT2D eigenvalue weighted by Crippen LogP contribution is 2.25. The molecule has 4 N–H and O–H groups in total. The molecule has 1 heterocycles. The Morgan fingerprint density at radius 2 is 1.81 bits per heavy atom. The van der Waals surface area contributed by atoms with Crippen molar-refractivity contribution in [3.05, 3.63) is 45.7 Å². The van der Waals surface area contributed by atoms with Crippen LogP contribution in [0.3, 0.4) is 0 Å². The third-order valence-electron chi connectivity index (χ3n) is 3.37. The van der Waals surface area contributed by atoms with E-state index in [1.807, 2.05) is 26.0 Å². The van der Waals surface area contributed by atoms with Gasteiger partial charge in [-0.25, -0.2) is 15.8 Å². The second-order valence-electron chi connectivity index (χ2n) is 4.88.